The highest BCUT2D eigenvalue weighted by Crippen LogP contribution is 2.27. The fourth-order valence-corrected chi connectivity index (χ4v) is 2.30. The van der Waals surface area contributed by atoms with Crippen LogP contribution in [0.25, 0.3) is 0 Å². The van der Waals surface area contributed by atoms with E-state index >= 15 is 0 Å². The molecule has 24 heavy (non-hydrogen) atoms. The molecule has 0 aliphatic carbocycles. The Kier molecular flexibility index (Phi) is 5.73. The second kappa shape index (κ2) is 7.96. The van der Waals surface area contributed by atoms with Gasteiger partial charge in [0.15, 0.2) is 5.75 Å². The first-order chi connectivity index (χ1) is 11.6. The van der Waals surface area contributed by atoms with Crippen molar-refractivity contribution >= 4 is 11.6 Å². The SMILES string of the molecule is COc1ccccc1CCNC(=O)c1ccc(OC)c([N+](=O)[O-])c1. The maximum Gasteiger partial charge on any atom is 0.311 e. The van der Waals surface area contributed by atoms with Crippen molar-refractivity contribution in [1.82, 2.24) is 5.32 Å². The summed E-state index contributed by atoms with van der Waals surface area (Å²) in [6, 6.07) is 11.6. The van der Waals surface area contributed by atoms with Gasteiger partial charge in [0.25, 0.3) is 5.91 Å². The lowest BCUT2D eigenvalue weighted by Crippen LogP contribution is -2.25. The van der Waals surface area contributed by atoms with Crippen molar-refractivity contribution in [1.29, 1.82) is 0 Å². The summed E-state index contributed by atoms with van der Waals surface area (Å²) in [6.07, 6.45) is 0.591. The Morgan fingerprint density at radius 2 is 1.83 bits per heavy atom. The third-order valence-corrected chi connectivity index (χ3v) is 3.51. The average Bonchev–Trinajstić information content (AvgIpc) is 2.61. The van der Waals surface area contributed by atoms with E-state index in [4.69, 9.17) is 9.47 Å². The monoisotopic (exact) mass is 330 g/mol. The van der Waals surface area contributed by atoms with Gasteiger partial charge < -0.3 is 14.8 Å². The number of ether oxygens (including phenoxy) is 2. The predicted molar refractivity (Wildman–Crippen MR) is 88.7 cm³/mol. The molecule has 126 valence electrons. The number of rotatable bonds is 7. The van der Waals surface area contributed by atoms with Crippen molar-refractivity contribution in [2.75, 3.05) is 20.8 Å². The molecule has 2 rings (SSSR count). The standard InChI is InChI=1S/C17H18N2O5/c1-23-15-6-4-3-5-12(15)9-10-18-17(20)13-7-8-16(24-2)14(11-13)19(21)22/h3-8,11H,9-10H2,1-2H3,(H,18,20). The second-order valence-corrected chi connectivity index (χ2v) is 4.96. The minimum absolute atomic E-state index is 0.116. The van der Waals surface area contributed by atoms with Gasteiger partial charge in [0.05, 0.1) is 19.1 Å². The lowest BCUT2D eigenvalue weighted by molar-refractivity contribution is -0.385. The Morgan fingerprint density at radius 3 is 2.50 bits per heavy atom. The minimum Gasteiger partial charge on any atom is -0.496 e. The van der Waals surface area contributed by atoms with Crippen molar-refractivity contribution in [2.45, 2.75) is 6.42 Å². The number of nitro groups is 1. The molecule has 1 N–H and O–H groups in total. The second-order valence-electron chi connectivity index (χ2n) is 4.96. The lowest BCUT2D eigenvalue weighted by Gasteiger charge is -2.09. The van der Waals surface area contributed by atoms with Crippen LogP contribution in [0.4, 0.5) is 5.69 Å². The van der Waals surface area contributed by atoms with Crippen LogP contribution in [0.5, 0.6) is 11.5 Å². The van der Waals surface area contributed by atoms with Gasteiger partial charge in [-0.15, -0.1) is 0 Å². The highest BCUT2D eigenvalue weighted by molar-refractivity contribution is 5.95. The van der Waals surface area contributed by atoms with E-state index in [-0.39, 0.29) is 22.9 Å². The number of para-hydroxylation sites is 1. The molecule has 2 aromatic carbocycles. The molecule has 0 bridgehead atoms. The molecule has 0 aliphatic heterocycles. The molecule has 0 atom stereocenters. The van der Waals surface area contributed by atoms with Gasteiger partial charge >= 0.3 is 5.69 Å². The third-order valence-electron chi connectivity index (χ3n) is 3.51. The maximum atomic E-state index is 12.2. The number of amides is 1. The first-order valence-corrected chi connectivity index (χ1v) is 7.29. The Hall–Kier alpha value is -3.09. The van der Waals surface area contributed by atoms with Gasteiger partial charge in [0, 0.05) is 18.2 Å². The van der Waals surface area contributed by atoms with Crippen molar-refractivity contribution < 1.29 is 19.2 Å². The summed E-state index contributed by atoms with van der Waals surface area (Å²) >= 11 is 0. The number of carbonyl (C=O) groups excluding carboxylic acids is 1. The number of nitrogens with zero attached hydrogens (tertiary/aromatic N) is 1. The summed E-state index contributed by atoms with van der Waals surface area (Å²) in [5, 5.41) is 13.7. The predicted octanol–water partition coefficient (Wildman–Crippen LogP) is 2.58. The van der Waals surface area contributed by atoms with E-state index in [2.05, 4.69) is 5.32 Å². The minimum atomic E-state index is -0.579. The van der Waals surface area contributed by atoms with E-state index in [1.54, 1.807) is 7.11 Å². The zero-order chi connectivity index (χ0) is 17.5. The zero-order valence-corrected chi connectivity index (χ0v) is 13.4. The van der Waals surface area contributed by atoms with Crippen LogP contribution < -0.4 is 14.8 Å². The average molecular weight is 330 g/mol. The van der Waals surface area contributed by atoms with Crippen LogP contribution >= 0.6 is 0 Å². The first kappa shape index (κ1) is 17.3. The summed E-state index contributed by atoms with van der Waals surface area (Å²) in [5.74, 6) is 0.494. The van der Waals surface area contributed by atoms with Gasteiger partial charge in [-0.05, 0) is 30.2 Å². The van der Waals surface area contributed by atoms with Crippen LogP contribution in [-0.4, -0.2) is 31.6 Å². The van der Waals surface area contributed by atoms with Crippen molar-refractivity contribution in [2.24, 2.45) is 0 Å². The molecule has 1 amide bonds. The fourth-order valence-electron chi connectivity index (χ4n) is 2.30. The van der Waals surface area contributed by atoms with Gasteiger partial charge in [-0.2, -0.15) is 0 Å². The van der Waals surface area contributed by atoms with Crippen LogP contribution in [0.3, 0.4) is 0 Å². The third kappa shape index (κ3) is 4.01. The lowest BCUT2D eigenvalue weighted by atomic mass is 10.1. The van der Waals surface area contributed by atoms with Crippen molar-refractivity contribution in [3.63, 3.8) is 0 Å². The summed E-state index contributed by atoms with van der Waals surface area (Å²) in [7, 11) is 2.93. The highest BCUT2D eigenvalue weighted by Gasteiger charge is 2.18. The van der Waals surface area contributed by atoms with E-state index in [0.717, 1.165) is 11.3 Å². The molecule has 0 spiro atoms. The maximum absolute atomic E-state index is 12.2. The van der Waals surface area contributed by atoms with Gasteiger partial charge in [-0.25, -0.2) is 0 Å². The Bertz CT molecular complexity index is 746. The van der Waals surface area contributed by atoms with Crippen LogP contribution in [0.1, 0.15) is 15.9 Å². The number of nitro benzene ring substituents is 1. The molecule has 0 saturated heterocycles. The molecular formula is C17H18N2O5. The van der Waals surface area contributed by atoms with Gasteiger partial charge in [-0.1, -0.05) is 18.2 Å². The van der Waals surface area contributed by atoms with Gasteiger partial charge in [0.1, 0.15) is 5.75 Å². The normalized spacial score (nSPS) is 10.1. The molecule has 7 heteroatoms. The van der Waals surface area contributed by atoms with E-state index in [0.29, 0.717) is 13.0 Å². The van der Waals surface area contributed by atoms with Crippen molar-refractivity contribution in [3.8, 4) is 11.5 Å². The van der Waals surface area contributed by atoms with E-state index in [1.165, 1.54) is 25.3 Å². The smallest absolute Gasteiger partial charge is 0.311 e. The topological polar surface area (TPSA) is 90.7 Å². The van der Waals surface area contributed by atoms with E-state index in [9.17, 15) is 14.9 Å². The molecule has 2 aromatic rings. The number of hydrogen-bond donors (Lipinski definition) is 1. The molecule has 0 fully saturated rings. The van der Waals surface area contributed by atoms with Gasteiger partial charge in [-0.3, -0.25) is 14.9 Å². The number of methoxy groups -OCH3 is 2. The van der Waals surface area contributed by atoms with E-state index < -0.39 is 4.92 Å². The first-order valence-electron chi connectivity index (χ1n) is 7.29. The van der Waals surface area contributed by atoms with Crippen LogP contribution in [0.2, 0.25) is 0 Å². The summed E-state index contributed by atoms with van der Waals surface area (Å²) in [4.78, 5) is 22.6. The largest absolute Gasteiger partial charge is 0.496 e. The summed E-state index contributed by atoms with van der Waals surface area (Å²) in [5.41, 5.74) is 0.943. The van der Waals surface area contributed by atoms with Crippen LogP contribution in [0.15, 0.2) is 42.5 Å². The molecule has 0 unspecified atom stereocenters. The molecule has 0 aromatic heterocycles. The Morgan fingerprint density at radius 1 is 1.12 bits per heavy atom. The fraction of sp³-hybridized carbons (Fsp3) is 0.235. The van der Waals surface area contributed by atoms with Crippen LogP contribution in [-0.2, 0) is 6.42 Å². The zero-order valence-electron chi connectivity index (χ0n) is 13.4. The summed E-state index contributed by atoms with van der Waals surface area (Å²) in [6.45, 7) is 0.388. The van der Waals surface area contributed by atoms with Gasteiger partial charge in [0.2, 0.25) is 0 Å². The number of hydrogen-bond acceptors (Lipinski definition) is 5. The molecule has 0 heterocycles. The van der Waals surface area contributed by atoms with Crippen molar-refractivity contribution in [3.05, 3.63) is 63.7 Å². The summed E-state index contributed by atoms with van der Waals surface area (Å²) < 4.78 is 10.2. The number of nitrogens with one attached hydrogen (secondary N) is 1. The number of benzene rings is 2. The molecular weight excluding hydrogens is 312 g/mol. The molecule has 0 radical (unpaired) electrons. The molecule has 0 saturated carbocycles. The Balaban J connectivity index is 2.02. The Labute approximate surface area is 139 Å². The van der Waals surface area contributed by atoms with E-state index in [1.807, 2.05) is 24.3 Å². The number of carbonyl (C=O) groups is 1. The molecule has 0 aliphatic rings. The quantitative estimate of drug-likeness (QED) is 0.622. The highest BCUT2D eigenvalue weighted by atomic mass is 16.6. The van der Waals surface area contributed by atoms with Crippen LogP contribution in [0, 0.1) is 10.1 Å². The molecule has 7 nitrogen and oxygen atoms in total.